The largest absolute Gasteiger partial charge is 1.00 e. The minimum Gasteiger partial charge on any atom is -1.00 e. The summed E-state index contributed by atoms with van der Waals surface area (Å²) < 4.78 is 25.0. The molecule has 162 valence electrons. The third-order valence-electron chi connectivity index (χ3n) is 4.90. The van der Waals surface area contributed by atoms with Crippen molar-refractivity contribution in [3.8, 4) is 0 Å². The van der Waals surface area contributed by atoms with Crippen LogP contribution in [0.2, 0.25) is 0 Å². The van der Waals surface area contributed by atoms with Gasteiger partial charge in [0.05, 0.1) is 10.4 Å². The fourth-order valence-corrected chi connectivity index (χ4v) is 3.70. The van der Waals surface area contributed by atoms with Crippen LogP contribution in [0.5, 0.6) is 0 Å². The molecule has 0 aliphatic carbocycles. The number of hydrogen-bond acceptors (Lipinski definition) is 7. The number of sulfonamides is 1. The monoisotopic (exact) mass is 458 g/mol. The molecule has 0 aliphatic heterocycles. The van der Waals surface area contributed by atoms with Gasteiger partial charge < -0.3 is 22.6 Å². The number of aromatic nitrogens is 4. The van der Waals surface area contributed by atoms with Crippen molar-refractivity contribution in [3.05, 3.63) is 60.4 Å². The lowest BCUT2D eigenvalue weighted by atomic mass is 10.2. The van der Waals surface area contributed by atoms with Gasteiger partial charge in [-0.25, -0.2) is 18.5 Å². The van der Waals surface area contributed by atoms with Crippen LogP contribution in [-0.4, -0.2) is 35.2 Å². The Balaban J connectivity index is 0.00000272. The molecule has 0 aliphatic rings. The Morgan fingerprint density at radius 2 is 1.90 bits per heavy atom. The fraction of sp³-hybridized carbons (Fsp3) is 0.150. The number of nitrogens with zero attached hydrogens (tertiary/aromatic N) is 5. The summed E-state index contributed by atoms with van der Waals surface area (Å²) in [5.41, 5.74) is 3.47. The number of hydrogen-bond donors (Lipinski definition) is 2. The lowest BCUT2D eigenvalue weighted by Gasteiger charge is -2.19. The Morgan fingerprint density at radius 3 is 2.65 bits per heavy atom. The van der Waals surface area contributed by atoms with Gasteiger partial charge in [0, 0.05) is 42.7 Å². The van der Waals surface area contributed by atoms with Crippen LogP contribution in [0.25, 0.3) is 10.9 Å². The van der Waals surface area contributed by atoms with Crippen molar-refractivity contribution in [3.63, 3.8) is 0 Å². The molecule has 2 aromatic heterocycles. The summed E-state index contributed by atoms with van der Waals surface area (Å²) in [5, 5.41) is 13.9. The van der Waals surface area contributed by atoms with Crippen LogP contribution in [-0.2, 0) is 17.1 Å². The average molecular weight is 459 g/mol. The number of nitrogens with one attached hydrogen (secondary N) is 1. The molecule has 31 heavy (non-hydrogen) atoms. The van der Waals surface area contributed by atoms with Crippen LogP contribution in [0.4, 0.5) is 23.1 Å². The van der Waals surface area contributed by atoms with Crippen LogP contribution < -0.4 is 27.8 Å². The molecular formula is C20H21ClN7O2S-. The summed E-state index contributed by atoms with van der Waals surface area (Å²) in [4.78, 5) is 10.7. The Kier molecular flexibility index (Phi) is 6.16. The topological polar surface area (TPSA) is 119 Å². The van der Waals surface area contributed by atoms with Gasteiger partial charge in [0.2, 0.25) is 16.0 Å². The Morgan fingerprint density at radius 1 is 1.13 bits per heavy atom. The first-order valence-corrected chi connectivity index (χ1v) is 10.7. The molecular weight excluding hydrogens is 438 g/mol. The van der Waals surface area contributed by atoms with Crippen molar-refractivity contribution < 1.29 is 20.8 Å². The number of halogens is 1. The molecule has 0 atom stereocenters. The van der Waals surface area contributed by atoms with Crippen LogP contribution in [0, 0.1) is 6.92 Å². The van der Waals surface area contributed by atoms with E-state index in [1.54, 1.807) is 24.4 Å². The van der Waals surface area contributed by atoms with Gasteiger partial charge in [-0.2, -0.15) is 10.1 Å². The number of anilines is 4. The van der Waals surface area contributed by atoms with E-state index < -0.39 is 10.0 Å². The summed E-state index contributed by atoms with van der Waals surface area (Å²) in [7, 11) is 0.0387. The predicted octanol–water partition coefficient (Wildman–Crippen LogP) is -0.165. The maximum atomic E-state index is 11.6. The van der Waals surface area contributed by atoms with E-state index in [1.165, 1.54) is 12.1 Å². The second-order valence-electron chi connectivity index (χ2n) is 6.91. The summed E-state index contributed by atoms with van der Waals surface area (Å²) in [6.45, 7) is 2.03. The third-order valence-corrected chi connectivity index (χ3v) is 5.82. The molecule has 2 heterocycles. The normalized spacial score (nSPS) is 11.2. The van der Waals surface area contributed by atoms with Gasteiger partial charge in [0.25, 0.3) is 0 Å². The molecule has 0 unspecified atom stereocenters. The van der Waals surface area contributed by atoms with E-state index in [-0.39, 0.29) is 17.3 Å². The molecule has 0 amide bonds. The molecule has 0 saturated carbocycles. The highest BCUT2D eigenvalue weighted by atomic mass is 35.5. The second-order valence-corrected chi connectivity index (χ2v) is 8.47. The van der Waals surface area contributed by atoms with Gasteiger partial charge >= 0.3 is 0 Å². The van der Waals surface area contributed by atoms with Crippen molar-refractivity contribution in [1.82, 2.24) is 19.7 Å². The first-order chi connectivity index (χ1) is 14.2. The van der Waals surface area contributed by atoms with E-state index >= 15 is 0 Å². The van der Waals surface area contributed by atoms with E-state index in [1.807, 2.05) is 48.8 Å². The zero-order valence-corrected chi connectivity index (χ0v) is 18.7. The molecule has 0 bridgehead atoms. The summed E-state index contributed by atoms with van der Waals surface area (Å²) in [6.07, 6.45) is 1.63. The number of benzene rings is 2. The smallest absolute Gasteiger partial charge is 0.238 e. The molecule has 4 rings (SSSR count). The van der Waals surface area contributed by atoms with E-state index in [4.69, 9.17) is 5.14 Å². The Bertz CT molecular complexity index is 1350. The van der Waals surface area contributed by atoms with Crippen LogP contribution in [0.3, 0.4) is 0 Å². The van der Waals surface area contributed by atoms with Gasteiger partial charge in [-0.15, -0.1) is 0 Å². The fourth-order valence-electron chi connectivity index (χ4n) is 3.14. The number of aryl methyl sites for hydroxylation is 2. The molecule has 0 spiro atoms. The number of nitrogens with two attached hydrogens (primary N) is 1. The minimum absolute atomic E-state index is 0. The van der Waals surface area contributed by atoms with Crippen molar-refractivity contribution in [2.45, 2.75) is 11.8 Å². The highest BCUT2D eigenvalue weighted by Gasteiger charge is 2.12. The lowest BCUT2D eigenvalue weighted by molar-refractivity contribution is -0.00000898. The maximum absolute atomic E-state index is 11.6. The minimum atomic E-state index is -3.79. The Hall–Kier alpha value is -3.21. The van der Waals surface area contributed by atoms with Crippen molar-refractivity contribution in [2.75, 3.05) is 17.3 Å². The quantitative estimate of drug-likeness (QED) is 0.426. The van der Waals surface area contributed by atoms with E-state index in [9.17, 15) is 8.42 Å². The summed E-state index contributed by atoms with van der Waals surface area (Å²) in [5.74, 6) is 1.00. The molecule has 4 aromatic rings. The SMILES string of the molecule is Cc1c2ccc(N(C)c3ccnc(Nc4cccc(S(N)(=O)=O)c4)n3)cc2nn1C.[Cl-]. The van der Waals surface area contributed by atoms with E-state index in [0.717, 1.165) is 22.3 Å². The van der Waals surface area contributed by atoms with Gasteiger partial charge in [0.15, 0.2) is 0 Å². The van der Waals surface area contributed by atoms with Crippen LogP contribution in [0.1, 0.15) is 5.69 Å². The molecule has 3 N–H and O–H groups in total. The van der Waals surface area contributed by atoms with Gasteiger partial charge in [-0.3, -0.25) is 4.68 Å². The highest BCUT2D eigenvalue weighted by molar-refractivity contribution is 7.89. The predicted molar refractivity (Wildman–Crippen MR) is 117 cm³/mol. The third kappa shape index (κ3) is 4.61. The summed E-state index contributed by atoms with van der Waals surface area (Å²) >= 11 is 0. The highest BCUT2D eigenvalue weighted by Crippen LogP contribution is 2.27. The van der Waals surface area contributed by atoms with E-state index in [0.29, 0.717) is 17.5 Å². The molecule has 2 aromatic carbocycles. The molecule has 0 radical (unpaired) electrons. The molecule has 0 fully saturated rings. The van der Waals surface area contributed by atoms with Gasteiger partial charge in [0.1, 0.15) is 5.82 Å². The van der Waals surface area contributed by atoms with Gasteiger partial charge in [-0.1, -0.05) is 6.07 Å². The summed E-state index contributed by atoms with van der Waals surface area (Å²) in [6, 6.07) is 14.0. The standard InChI is InChI=1S/C20H21N7O2S.ClH/c1-13-17-8-7-15(12-18(17)25-27(13)3)26(2)19-9-10-22-20(24-19)23-14-5-4-6-16(11-14)30(21,28)29;/h4-12H,1-3H3,(H2,21,28,29)(H,22,23,24);1H/p-1. The number of fused-ring (bicyclic) bond motifs is 1. The van der Waals surface area contributed by atoms with Gasteiger partial charge in [-0.05, 0) is 49.4 Å². The molecule has 0 saturated heterocycles. The first kappa shape index (κ1) is 22.5. The van der Waals surface area contributed by atoms with E-state index in [2.05, 4.69) is 20.4 Å². The zero-order chi connectivity index (χ0) is 21.5. The maximum Gasteiger partial charge on any atom is 0.238 e. The zero-order valence-electron chi connectivity index (χ0n) is 17.1. The second kappa shape index (κ2) is 8.50. The van der Waals surface area contributed by atoms with Crippen LogP contribution >= 0.6 is 0 Å². The van der Waals surface area contributed by atoms with Crippen molar-refractivity contribution in [2.24, 2.45) is 12.2 Å². The number of primary sulfonamides is 1. The first-order valence-electron chi connectivity index (χ1n) is 9.12. The average Bonchev–Trinajstić information content (AvgIpc) is 3.00. The molecule has 11 heteroatoms. The lowest BCUT2D eigenvalue weighted by Crippen LogP contribution is -3.00. The Labute approximate surface area is 186 Å². The van der Waals surface area contributed by atoms with Crippen molar-refractivity contribution in [1.29, 1.82) is 0 Å². The molecule has 9 nitrogen and oxygen atoms in total. The van der Waals surface area contributed by atoms with Crippen LogP contribution in [0.15, 0.2) is 59.6 Å². The number of rotatable bonds is 5. The van der Waals surface area contributed by atoms with Crippen molar-refractivity contribution >= 4 is 44.1 Å².